The number of hydrogen-bond acceptors (Lipinski definition) is 6. The zero-order valence-electron chi connectivity index (χ0n) is 22.9. The number of nitrogens with zero attached hydrogens (tertiary/aromatic N) is 2. The highest BCUT2D eigenvalue weighted by molar-refractivity contribution is 6.04. The minimum Gasteiger partial charge on any atom is -0.510 e. The number of primary amides is 1. The Bertz CT molecular complexity index is 1430. The van der Waals surface area contributed by atoms with Crippen molar-refractivity contribution in [1.82, 2.24) is 0 Å². The number of amides is 4. The number of aliphatic hydroxyl groups excluding tert-OH is 1. The van der Waals surface area contributed by atoms with E-state index in [0.29, 0.717) is 29.2 Å². The van der Waals surface area contributed by atoms with Crippen LogP contribution in [0.15, 0.2) is 101 Å². The van der Waals surface area contributed by atoms with Crippen LogP contribution in [0.4, 0.5) is 27.5 Å². The van der Waals surface area contributed by atoms with Crippen molar-refractivity contribution in [2.24, 2.45) is 21.4 Å². The highest BCUT2D eigenvalue weighted by atomic mass is 16.3. The van der Waals surface area contributed by atoms with E-state index in [-0.39, 0.29) is 23.3 Å². The van der Waals surface area contributed by atoms with Gasteiger partial charge in [0.05, 0.1) is 5.69 Å². The molecule has 6 N–H and O–H groups in total. The number of carbonyl (C=O) groups is 3. The number of azo groups is 1. The number of rotatable bonds is 10. The summed E-state index contributed by atoms with van der Waals surface area (Å²) in [7, 11) is 0. The average molecular weight is 543 g/mol. The highest BCUT2D eigenvalue weighted by Crippen LogP contribution is 2.33. The average Bonchev–Trinajstić information content (AvgIpc) is 2.89. The molecule has 0 spiro atoms. The zero-order chi connectivity index (χ0) is 29.3. The third-order valence-electron chi connectivity index (χ3n) is 6.12. The van der Waals surface area contributed by atoms with Crippen molar-refractivity contribution in [2.45, 2.75) is 40.0 Å². The van der Waals surface area contributed by atoms with Gasteiger partial charge < -0.3 is 26.8 Å². The number of hydrogen-bond donors (Lipinski definition) is 5. The van der Waals surface area contributed by atoms with Crippen LogP contribution in [0, 0.1) is 5.41 Å². The van der Waals surface area contributed by atoms with Crippen LogP contribution in [0.1, 0.15) is 45.6 Å². The molecule has 40 heavy (non-hydrogen) atoms. The van der Waals surface area contributed by atoms with Crippen LogP contribution >= 0.6 is 0 Å². The standard InChI is InChI=1S/C30H34N6O4/c1-19(21-10-6-5-7-11-21)18-30(3,4)28(39)33-23-13-8-12-22(16-23)32-27(38)26(20(2)37)36-35-25-15-9-14-24(17-25)34-29(31)40/h5-17,19,37H,18H2,1-4H3,(H,32,38)(H,33,39)(H3,31,34,40). The minimum atomic E-state index is -0.732. The van der Waals surface area contributed by atoms with Crippen LogP contribution in [-0.2, 0) is 9.59 Å². The number of nitrogens with one attached hydrogen (secondary N) is 3. The molecule has 3 rings (SSSR count). The summed E-state index contributed by atoms with van der Waals surface area (Å²) < 4.78 is 0. The van der Waals surface area contributed by atoms with Gasteiger partial charge in [0.2, 0.25) is 5.91 Å². The molecule has 0 aromatic heterocycles. The van der Waals surface area contributed by atoms with E-state index in [0.717, 1.165) is 0 Å². The molecule has 0 saturated carbocycles. The SMILES string of the molecule is CC(O)=C(N=Nc1cccc(NC(N)=O)c1)C(=O)Nc1cccc(NC(=O)C(C)(C)CC(C)c2ccccc2)c1. The first-order valence-corrected chi connectivity index (χ1v) is 12.7. The largest absolute Gasteiger partial charge is 0.510 e. The van der Waals surface area contributed by atoms with E-state index in [1.165, 1.54) is 18.6 Å². The molecule has 3 aromatic carbocycles. The maximum Gasteiger partial charge on any atom is 0.316 e. The van der Waals surface area contributed by atoms with Crippen molar-refractivity contribution < 1.29 is 19.5 Å². The smallest absolute Gasteiger partial charge is 0.316 e. The summed E-state index contributed by atoms with van der Waals surface area (Å²) in [5.74, 6) is -0.995. The fraction of sp³-hybridized carbons (Fsp3) is 0.233. The molecule has 0 aliphatic heterocycles. The maximum atomic E-state index is 13.1. The third-order valence-corrected chi connectivity index (χ3v) is 6.12. The fourth-order valence-corrected chi connectivity index (χ4v) is 4.10. The van der Waals surface area contributed by atoms with Gasteiger partial charge in [-0.15, -0.1) is 5.11 Å². The van der Waals surface area contributed by atoms with Crippen molar-refractivity contribution in [3.05, 3.63) is 95.9 Å². The van der Waals surface area contributed by atoms with Gasteiger partial charge in [0.25, 0.3) is 5.91 Å². The van der Waals surface area contributed by atoms with E-state index in [1.54, 1.807) is 42.5 Å². The number of benzene rings is 3. The normalized spacial score (nSPS) is 12.8. The van der Waals surface area contributed by atoms with Crippen molar-refractivity contribution in [2.75, 3.05) is 16.0 Å². The number of carbonyl (C=O) groups excluding carboxylic acids is 3. The quantitative estimate of drug-likeness (QED) is 0.108. The Labute approximate surface area is 233 Å². The molecular weight excluding hydrogens is 508 g/mol. The van der Waals surface area contributed by atoms with Gasteiger partial charge in [0.1, 0.15) is 5.76 Å². The van der Waals surface area contributed by atoms with Gasteiger partial charge in [-0.2, -0.15) is 5.11 Å². The predicted octanol–water partition coefficient (Wildman–Crippen LogP) is 6.85. The molecule has 0 heterocycles. The molecule has 0 fully saturated rings. The zero-order valence-corrected chi connectivity index (χ0v) is 22.9. The van der Waals surface area contributed by atoms with Gasteiger partial charge in [-0.25, -0.2) is 4.79 Å². The van der Waals surface area contributed by atoms with Crippen LogP contribution in [0.3, 0.4) is 0 Å². The van der Waals surface area contributed by atoms with Crippen LogP contribution in [0.5, 0.6) is 0 Å². The lowest BCUT2D eigenvalue weighted by Gasteiger charge is -2.27. The van der Waals surface area contributed by atoms with E-state index in [1.807, 2.05) is 32.0 Å². The Morgan fingerprint density at radius 1 is 0.875 bits per heavy atom. The number of urea groups is 1. The molecule has 208 valence electrons. The first kappa shape index (κ1) is 29.6. The molecular formula is C30H34N6O4. The topological polar surface area (TPSA) is 158 Å². The second-order valence-electron chi connectivity index (χ2n) is 10.1. The number of allylic oxidation sites excluding steroid dienone is 1. The van der Waals surface area contributed by atoms with Gasteiger partial charge in [-0.05, 0) is 61.2 Å². The summed E-state index contributed by atoms with van der Waals surface area (Å²) in [6.07, 6.45) is 0.649. The first-order chi connectivity index (χ1) is 18.9. The summed E-state index contributed by atoms with van der Waals surface area (Å²) in [6, 6.07) is 22.3. The lowest BCUT2D eigenvalue weighted by atomic mass is 9.80. The summed E-state index contributed by atoms with van der Waals surface area (Å²) >= 11 is 0. The molecule has 0 bridgehead atoms. The summed E-state index contributed by atoms with van der Waals surface area (Å²) in [6.45, 7) is 7.22. The molecule has 0 aliphatic rings. The van der Waals surface area contributed by atoms with Gasteiger partial charge in [-0.3, -0.25) is 9.59 Å². The Kier molecular flexibility index (Phi) is 9.75. The number of anilines is 3. The van der Waals surface area contributed by atoms with Gasteiger partial charge in [0, 0.05) is 22.5 Å². The lowest BCUT2D eigenvalue weighted by molar-refractivity contribution is -0.124. The summed E-state index contributed by atoms with van der Waals surface area (Å²) in [5, 5.41) is 26.0. The van der Waals surface area contributed by atoms with Crippen LogP contribution in [-0.4, -0.2) is 23.0 Å². The van der Waals surface area contributed by atoms with E-state index in [9.17, 15) is 19.5 Å². The van der Waals surface area contributed by atoms with Crippen molar-refractivity contribution in [3.8, 4) is 0 Å². The van der Waals surface area contributed by atoms with Gasteiger partial charge >= 0.3 is 6.03 Å². The van der Waals surface area contributed by atoms with Crippen molar-refractivity contribution in [1.29, 1.82) is 0 Å². The molecule has 0 saturated heterocycles. The molecule has 4 amide bonds. The maximum absolute atomic E-state index is 13.1. The molecule has 1 unspecified atom stereocenters. The van der Waals surface area contributed by atoms with Crippen molar-refractivity contribution >= 4 is 40.6 Å². The van der Waals surface area contributed by atoms with E-state index in [4.69, 9.17) is 5.73 Å². The Balaban J connectivity index is 1.67. The Hall–Kier alpha value is -4.99. The van der Waals surface area contributed by atoms with Crippen LogP contribution in [0.2, 0.25) is 0 Å². The second kappa shape index (κ2) is 13.2. The first-order valence-electron chi connectivity index (χ1n) is 12.7. The molecule has 0 aliphatic carbocycles. The second-order valence-corrected chi connectivity index (χ2v) is 10.1. The minimum absolute atomic E-state index is 0.146. The lowest BCUT2D eigenvalue weighted by Crippen LogP contribution is -2.32. The van der Waals surface area contributed by atoms with E-state index >= 15 is 0 Å². The monoisotopic (exact) mass is 542 g/mol. The van der Waals surface area contributed by atoms with Crippen LogP contribution in [0.25, 0.3) is 0 Å². The predicted molar refractivity (Wildman–Crippen MR) is 156 cm³/mol. The van der Waals surface area contributed by atoms with Gasteiger partial charge in [-0.1, -0.05) is 63.2 Å². The molecule has 0 radical (unpaired) electrons. The molecule has 3 aromatic rings. The van der Waals surface area contributed by atoms with E-state index < -0.39 is 17.4 Å². The molecule has 10 nitrogen and oxygen atoms in total. The number of nitrogens with two attached hydrogens (primary N) is 1. The summed E-state index contributed by atoms with van der Waals surface area (Å²) in [4.78, 5) is 37.1. The third kappa shape index (κ3) is 8.52. The molecule has 10 heteroatoms. The van der Waals surface area contributed by atoms with E-state index in [2.05, 4.69) is 45.2 Å². The fourth-order valence-electron chi connectivity index (χ4n) is 4.10. The highest BCUT2D eigenvalue weighted by Gasteiger charge is 2.30. The molecule has 1 atom stereocenters. The number of aliphatic hydroxyl groups is 1. The van der Waals surface area contributed by atoms with Crippen molar-refractivity contribution in [3.63, 3.8) is 0 Å². The Morgan fingerprint density at radius 3 is 2.10 bits per heavy atom. The summed E-state index contributed by atoms with van der Waals surface area (Å²) in [5.41, 5.74) is 6.96. The van der Waals surface area contributed by atoms with Crippen LogP contribution < -0.4 is 21.7 Å². The Morgan fingerprint density at radius 2 is 1.48 bits per heavy atom. The van der Waals surface area contributed by atoms with Gasteiger partial charge in [0.15, 0.2) is 5.70 Å².